The van der Waals surface area contributed by atoms with Gasteiger partial charge in [0.1, 0.15) is 11.5 Å². The topological polar surface area (TPSA) is 88.5 Å². The van der Waals surface area contributed by atoms with Gasteiger partial charge in [-0.05, 0) is 35.1 Å². The summed E-state index contributed by atoms with van der Waals surface area (Å²) in [7, 11) is 0. The van der Waals surface area contributed by atoms with Gasteiger partial charge in [-0.2, -0.15) is 0 Å². The minimum atomic E-state index is -1.02. The number of hydrogen-bond donors (Lipinski definition) is 2. The highest BCUT2D eigenvalue weighted by molar-refractivity contribution is 7.14. The van der Waals surface area contributed by atoms with E-state index in [9.17, 15) is 9.59 Å². The number of carbonyl (C=O) groups is 2. The molecule has 0 spiro atoms. The first-order chi connectivity index (χ1) is 14.5. The maximum absolute atomic E-state index is 12.1. The third kappa shape index (κ3) is 3.91. The molecular weight excluding hydrogens is 400 g/mol. The first-order valence-electron chi connectivity index (χ1n) is 9.33. The molecule has 0 aliphatic heterocycles. The molecule has 2 N–H and O–H groups in total. The molecular formula is C23H18N2O4S. The summed E-state index contributed by atoms with van der Waals surface area (Å²) in [6.45, 7) is 1.94. The van der Waals surface area contributed by atoms with Crippen LogP contribution in [-0.2, 0) is 4.74 Å². The minimum absolute atomic E-state index is 0.00182. The van der Waals surface area contributed by atoms with Crippen molar-refractivity contribution in [3.8, 4) is 23.0 Å². The van der Waals surface area contributed by atoms with Crippen molar-refractivity contribution in [2.75, 3.05) is 13.2 Å². The molecule has 0 fully saturated rings. The zero-order valence-corrected chi connectivity index (χ0v) is 17.0. The summed E-state index contributed by atoms with van der Waals surface area (Å²) in [5, 5.41) is 12.0. The molecule has 1 amide bonds. The summed E-state index contributed by atoms with van der Waals surface area (Å²) in [5.41, 5.74) is 5.08. The number of aromatic nitrogens is 1. The van der Waals surface area contributed by atoms with Crippen LogP contribution >= 0.6 is 11.3 Å². The lowest BCUT2D eigenvalue weighted by molar-refractivity contribution is 0.0701. The highest BCUT2D eigenvalue weighted by Gasteiger charge is 2.28. The Hall–Kier alpha value is -3.63. The van der Waals surface area contributed by atoms with Crippen LogP contribution in [0.4, 0.5) is 4.79 Å². The van der Waals surface area contributed by atoms with Crippen molar-refractivity contribution in [3.63, 3.8) is 0 Å². The van der Waals surface area contributed by atoms with Crippen LogP contribution in [-0.4, -0.2) is 35.3 Å². The number of aryl methyl sites for hydroxylation is 1. The number of nitrogens with one attached hydrogen (secondary N) is 1. The van der Waals surface area contributed by atoms with Crippen LogP contribution in [0.15, 0.2) is 48.5 Å². The normalized spacial score (nSPS) is 11.8. The van der Waals surface area contributed by atoms with Gasteiger partial charge in [0, 0.05) is 5.92 Å². The lowest BCUT2D eigenvalue weighted by atomic mass is 9.98. The Morgan fingerprint density at radius 3 is 2.37 bits per heavy atom. The van der Waals surface area contributed by atoms with Crippen molar-refractivity contribution in [3.05, 3.63) is 75.2 Å². The average molecular weight is 418 g/mol. The van der Waals surface area contributed by atoms with E-state index in [1.54, 1.807) is 6.92 Å². The number of carboxylic acid groups (broad SMARTS) is 1. The van der Waals surface area contributed by atoms with Crippen LogP contribution in [0.5, 0.6) is 0 Å². The number of aromatic carboxylic acids is 1. The van der Waals surface area contributed by atoms with Crippen molar-refractivity contribution < 1.29 is 19.4 Å². The van der Waals surface area contributed by atoms with E-state index in [1.165, 1.54) is 11.1 Å². The smallest absolute Gasteiger partial charge is 0.407 e. The van der Waals surface area contributed by atoms with Gasteiger partial charge in [-0.1, -0.05) is 65.8 Å². The second kappa shape index (κ2) is 8.39. The monoisotopic (exact) mass is 418 g/mol. The molecule has 6 nitrogen and oxygen atoms in total. The summed E-state index contributed by atoms with van der Waals surface area (Å²) in [6.07, 6.45) is -0.548. The molecule has 4 rings (SSSR count). The third-order valence-electron chi connectivity index (χ3n) is 4.85. The Balaban J connectivity index is 1.34. The van der Waals surface area contributed by atoms with E-state index < -0.39 is 12.1 Å². The fraction of sp³-hybridized carbons (Fsp3) is 0.174. The average Bonchev–Trinajstić information content (AvgIpc) is 3.27. The fourth-order valence-electron chi connectivity index (χ4n) is 3.53. The number of fused-ring (bicyclic) bond motifs is 3. The fourth-order valence-corrected chi connectivity index (χ4v) is 4.31. The molecule has 0 saturated carbocycles. The molecule has 0 saturated heterocycles. The molecule has 0 radical (unpaired) electrons. The minimum Gasteiger partial charge on any atom is -0.477 e. The van der Waals surface area contributed by atoms with Gasteiger partial charge >= 0.3 is 12.1 Å². The van der Waals surface area contributed by atoms with Gasteiger partial charge in [-0.3, -0.25) is 0 Å². The summed E-state index contributed by atoms with van der Waals surface area (Å²) in [4.78, 5) is 27.4. The van der Waals surface area contributed by atoms with Crippen molar-refractivity contribution in [2.24, 2.45) is 0 Å². The standard InChI is InChI=1S/C23H18N2O4S/c1-14-21(22(26)27)30-20(25-14)11-6-12-24-23(28)29-13-19-17-9-4-2-7-15(17)16-8-3-5-10-18(16)19/h2-5,7-10,19H,12-13H2,1H3,(H,24,28)(H,26,27). The van der Waals surface area contributed by atoms with Crippen molar-refractivity contribution in [1.29, 1.82) is 0 Å². The summed E-state index contributed by atoms with van der Waals surface area (Å²) >= 11 is 1.01. The number of ether oxygens (including phenoxy) is 1. The van der Waals surface area contributed by atoms with Crippen LogP contribution in [0.25, 0.3) is 11.1 Å². The van der Waals surface area contributed by atoms with Gasteiger partial charge in [0.2, 0.25) is 0 Å². The number of hydrogen-bond acceptors (Lipinski definition) is 5. The largest absolute Gasteiger partial charge is 0.477 e. The van der Waals surface area contributed by atoms with Gasteiger partial charge in [0.05, 0.1) is 12.2 Å². The molecule has 150 valence electrons. The van der Waals surface area contributed by atoms with E-state index in [-0.39, 0.29) is 23.9 Å². The van der Waals surface area contributed by atoms with Gasteiger partial charge in [0.15, 0.2) is 5.01 Å². The number of thiazole rings is 1. The van der Waals surface area contributed by atoms with Crippen LogP contribution < -0.4 is 5.32 Å². The van der Waals surface area contributed by atoms with Crippen molar-refractivity contribution in [2.45, 2.75) is 12.8 Å². The molecule has 0 unspecified atom stereocenters. The molecule has 1 aliphatic rings. The number of amides is 1. The molecule has 0 atom stereocenters. The van der Waals surface area contributed by atoms with Crippen LogP contribution in [0.3, 0.4) is 0 Å². The number of rotatable bonds is 4. The Bertz CT molecular complexity index is 1140. The van der Waals surface area contributed by atoms with Gasteiger partial charge < -0.3 is 15.2 Å². The molecule has 1 aliphatic carbocycles. The summed E-state index contributed by atoms with van der Waals surface area (Å²) in [6, 6.07) is 16.3. The zero-order chi connectivity index (χ0) is 21.1. The summed E-state index contributed by atoms with van der Waals surface area (Å²) in [5.74, 6) is 4.51. The van der Waals surface area contributed by atoms with Crippen LogP contribution in [0.2, 0.25) is 0 Å². The van der Waals surface area contributed by atoms with E-state index in [0.29, 0.717) is 10.7 Å². The molecule has 7 heteroatoms. The first-order valence-corrected chi connectivity index (χ1v) is 10.1. The number of carboxylic acids is 1. The number of benzene rings is 2. The highest BCUT2D eigenvalue weighted by Crippen LogP contribution is 2.44. The summed E-state index contributed by atoms with van der Waals surface area (Å²) < 4.78 is 5.44. The quantitative estimate of drug-likeness (QED) is 0.625. The molecule has 3 aromatic rings. The van der Waals surface area contributed by atoms with Gasteiger partial charge in [0.25, 0.3) is 0 Å². The molecule has 1 aromatic heterocycles. The Morgan fingerprint density at radius 2 is 1.77 bits per heavy atom. The predicted molar refractivity (Wildman–Crippen MR) is 114 cm³/mol. The van der Waals surface area contributed by atoms with Gasteiger partial charge in [-0.15, -0.1) is 0 Å². The zero-order valence-electron chi connectivity index (χ0n) is 16.1. The van der Waals surface area contributed by atoms with Gasteiger partial charge in [-0.25, -0.2) is 14.6 Å². The number of nitrogens with zero attached hydrogens (tertiary/aromatic N) is 1. The van der Waals surface area contributed by atoms with E-state index >= 15 is 0 Å². The number of alkyl carbamates (subject to hydrolysis) is 1. The molecule has 2 aromatic carbocycles. The number of carbonyl (C=O) groups excluding carboxylic acids is 1. The van der Waals surface area contributed by atoms with E-state index in [1.807, 2.05) is 24.3 Å². The lowest BCUT2D eigenvalue weighted by Crippen LogP contribution is -2.26. The second-order valence-electron chi connectivity index (χ2n) is 6.72. The highest BCUT2D eigenvalue weighted by atomic mass is 32.1. The van der Waals surface area contributed by atoms with Crippen molar-refractivity contribution in [1.82, 2.24) is 10.3 Å². The van der Waals surface area contributed by atoms with E-state index in [4.69, 9.17) is 9.84 Å². The Morgan fingerprint density at radius 1 is 1.13 bits per heavy atom. The van der Waals surface area contributed by atoms with Crippen LogP contribution in [0, 0.1) is 18.8 Å². The predicted octanol–water partition coefficient (Wildman–Crippen LogP) is 4.04. The first kappa shape index (κ1) is 19.7. The Kier molecular flexibility index (Phi) is 5.50. The van der Waals surface area contributed by atoms with E-state index in [2.05, 4.69) is 46.4 Å². The SMILES string of the molecule is Cc1nc(C#CCNC(=O)OCC2c3ccccc3-c3ccccc32)sc1C(=O)O. The molecule has 30 heavy (non-hydrogen) atoms. The third-order valence-corrected chi connectivity index (χ3v) is 5.91. The van der Waals surface area contributed by atoms with Crippen LogP contribution in [0.1, 0.15) is 37.4 Å². The maximum Gasteiger partial charge on any atom is 0.407 e. The molecule has 1 heterocycles. The Labute approximate surface area is 177 Å². The lowest BCUT2D eigenvalue weighted by Gasteiger charge is -2.14. The maximum atomic E-state index is 12.1. The molecule has 0 bridgehead atoms. The second-order valence-corrected chi connectivity index (χ2v) is 7.72. The van der Waals surface area contributed by atoms with E-state index in [0.717, 1.165) is 22.5 Å². The van der Waals surface area contributed by atoms with Crippen molar-refractivity contribution >= 4 is 23.4 Å².